The number of ether oxygens (including phenoxy) is 1. The van der Waals surface area contributed by atoms with Gasteiger partial charge in [0.1, 0.15) is 17.7 Å². The molecule has 1 amide bonds. The Bertz CT molecular complexity index is 1360. The number of rotatable bonds is 3. The summed E-state index contributed by atoms with van der Waals surface area (Å²) in [7, 11) is 1.94. The first-order chi connectivity index (χ1) is 16.7. The molecule has 0 radical (unpaired) electrons. The highest BCUT2D eigenvalue weighted by molar-refractivity contribution is 6.31. The lowest BCUT2D eigenvalue weighted by Gasteiger charge is -2.39. The first kappa shape index (κ1) is 22.7. The lowest BCUT2D eigenvalue weighted by Crippen LogP contribution is -2.52. The summed E-state index contributed by atoms with van der Waals surface area (Å²) in [6.07, 6.45) is 0.305. The number of piperidine rings is 1. The molecule has 3 aliphatic heterocycles. The van der Waals surface area contributed by atoms with Gasteiger partial charge in [0, 0.05) is 30.1 Å². The molecule has 2 bridgehead atoms. The number of amides is 1. The number of nitrogens with zero attached hydrogens (tertiary/aromatic N) is 5. The molecule has 0 saturated carbocycles. The summed E-state index contributed by atoms with van der Waals surface area (Å²) in [5.74, 6) is -0.760. The third kappa shape index (κ3) is 3.50. The Morgan fingerprint density at radius 1 is 1.23 bits per heavy atom. The van der Waals surface area contributed by atoms with Crippen LogP contribution in [0.4, 0.5) is 8.78 Å². The number of aromatic nitrogens is 3. The van der Waals surface area contributed by atoms with E-state index in [9.17, 15) is 9.18 Å². The number of aryl methyl sites for hydroxylation is 2. The van der Waals surface area contributed by atoms with E-state index in [0.717, 1.165) is 29.8 Å². The van der Waals surface area contributed by atoms with Gasteiger partial charge in [-0.05, 0) is 45.9 Å². The van der Waals surface area contributed by atoms with Crippen LogP contribution in [0, 0.1) is 19.7 Å². The normalized spacial score (nSPS) is 25.9. The summed E-state index contributed by atoms with van der Waals surface area (Å²) in [5, 5.41) is 5.19. The summed E-state index contributed by atoms with van der Waals surface area (Å²) in [4.78, 5) is 21.8. The minimum atomic E-state index is -1.20. The topological polar surface area (TPSA) is 63.0 Å². The molecule has 1 aromatic carbocycles. The van der Waals surface area contributed by atoms with Crippen LogP contribution in [0.2, 0.25) is 5.02 Å². The number of alkyl halides is 1. The molecule has 0 aliphatic carbocycles. The quantitative estimate of drug-likeness (QED) is 0.537. The van der Waals surface area contributed by atoms with E-state index in [1.54, 1.807) is 9.42 Å². The fourth-order valence-corrected chi connectivity index (χ4v) is 5.95. The Hall–Kier alpha value is -2.78. The van der Waals surface area contributed by atoms with Gasteiger partial charge in [0.15, 0.2) is 11.8 Å². The van der Waals surface area contributed by atoms with Crippen molar-refractivity contribution in [1.82, 2.24) is 24.4 Å². The zero-order chi connectivity index (χ0) is 24.6. The monoisotopic (exact) mass is 501 g/mol. The predicted molar refractivity (Wildman–Crippen MR) is 126 cm³/mol. The van der Waals surface area contributed by atoms with Crippen LogP contribution in [0.15, 0.2) is 18.2 Å². The highest BCUT2D eigenvalue weighted by Crippen LogP contribution is 2.39. The van der Waals surface area contributed by atoms with E-state index in [1.165, 1.54) is 18.2 Å². The molecule has 7 nitrogen and oxygen atoms in total. The average Bonchev–Trinajstić information content (AvgIpc) is 3.47. The van der Waals surface area contributed by atoms with Gasteiger partial charge in [-0.2, -0.15) is 5.10 Å². The largest absolute Gasteiger partial charge is 0.486 e. The van der Waals surface area contributed by atoms with Gasteiger partial charge in [-0.3, -0.25) is 9.69 Å². The summed E-state index contributed by atoms with van der Waals surface area (Å²) < 4.78 is 37.1. The zero-order valence-corrected chi connectivity index (χ0v) is 20.5. The van der Waals surface area contributed by atoms with E-state index in [1.807, 2.05) is 20.9 Å². The van der Waals surface area contributed by atoms with Crippen molar-refractivity contribution in [2.45, 2.75) is 70.6 Å². The van der Waals surface area contributed by atoms with Crippen LogP contribution in [-0.4, -0.2) is 61.7 Å². The minimum absolute atomic E-state index is 0.0852. The van der Waals surface area contributed by atoms with Gasteiger partial charge in [-0.1, -0.05) is 11.6 Å². The van der Waals surface area contributed by atoms with Gasteiger partial charge >= 0.3 is 0 Å². The van der Waals surface area contributed by atoms with Crippen LogP contribution in [0.3, 0.4) is 0 Å². The van der Waals surface area contributed by atoms with Gasteiger partial charge in [-0.15, -0.1) is 0 Å². The molecule has 1 unspecified atom stereocenters. The molecule has 184 valence electrons. The maximum Gasteiger partial charge on any atom is 0.258 e. The van der Waals surface area contributed by atoms with E-state index in [4.69, 9.17) is 16.3 Å². The molecule has 3 aromatic rings. The highest BCUT2D eigenvalue weighted by atomic mass is 35.5. The van der Waals surface area contributed by atoms with Crippen LogP contribution in [0.1, 0.15) is 52.3 Å². The molecule has 2 aromatic heterocycles. The van der Waals surface area contributed by atoms with Gasteiger partial charge in [-0.25, -0.2) is 18.3 Å². The van der Waals surface area contributed by atoms with Crippen molar-refractivity contribution in [2.24, 2.45) is 0 Å². The summed E-state index contributed by atoms with van der Waals surface area (Å²) in [5.41, 5.74) is 4.00. The zero-order valence-electron chi connectivity index (χ0n) is 19.8. The van der Waals surface area contributed by atoms with Crippen molar-refractivity contribution in [1.29, 1.82) is 0 Å². The van der Waals surface area contributed by atoms with Crippen molar-refractivity contribution in [2.75, 3.05) is 7.05 Å². The first-order valence-electron chi connectivity index (χ1n) is 11.9. The number of hydrogen-bond acceptors (Lipinski definition) is 5. The van der Waals surface area contributed by atoms with Crippen molar-refractivity contribution in [3.8, 4) is 5.75 Å². The van der Waals surface area contributed by atoms with Crippen LogP contribution < -0.4 is 4.74 Å². The van der Waals surface area contributed by atoms with E-state index in [0.29, 0.717) is 29.3 Å². The van der Waals surface area contributed by atoms with Crippen molar-refractivity contribution in [3.63, 3.8) is 0 Å². The summed E-state index contributed by atoms with van der Waals surface area (Å²) >= 11 is 6.33. The second-order valence-corrected chi connectivity index (χ2v) is 10.2. The lowest BCUT2D eigenvalue weighted by molar-refractivity contribution is -0.0116. The second-order valence-electron chi connectivity index (χ2n) is 9.86. The maximum atomic E-state index is 15.2. The Balaban J connectivity index is 1.27. The summed E-state index contributed by atoms with van der Waals surface area (Å²) in [6.45, 7) is 4.31. The molecular weight excluding hydrogens is 476 g/mol. The molecule has 4 atom stereocenters. The summed E-state index contributed by atoms with van der Waals surface area (Å²) in [6, 6.07) is 3.86. The Kier molecular flexibility index (Phi) is 5.27. The van der Waals surface area contributed by atoms with E-state index in [2.05, 4.69) is 15.0 Å². The molecule has 35 heavy (non-hydrogen) atoms. The molecule has 2 saturated heterocycles. The second kappa shape index (κ2) is 8.13. The molecule has 0 N–H and O–H groups in total. The number of benzene rings is 1. The standard InChI is InChI=1S/C25H26ClF2N5O2/c1-12-22(26)13(2)33-24(29-12)17-10-32(11-18(17)30-33)25(34)16-6-4-14(27)8-20(16)35-21-9-15-5-7-19(23(21)28)31(15)3/h4,6,8,15,19,21,23H,5,7,9-11H2,1-3H3/t15-,19-,21+,23?/m0/s1. The number of carbonyl (C=O) groups is 1. The Morgan fingerprint density at radius 3 is 2.83 bits per heavy atom. The first-order valence-corrected chi connectivity index (χ1v) is 12.3. The van der Waals surface area contributed by atoms with Crippen molar-refractivity contribution >= 4 is 23.2 Å². The van der Waals surface area contributed by atoms with Crippen LogP contribution in [0.5, 0.6) is 5.75 Å². The Labute approximate surface area is 206 Å². The van der Waals surface area contributed by atoms with Gasteiger partial charge in [0.05, 0.1) is 40.8 Å². The minimum Gasteiger partial charge on any atom is -0.486 e. The Morgan fingerprint density at radius 2 is 2.03 bits per heavy atom. The fraction of sp³-hybridized carbons (Fsp3) is 0.480. The van der Waals surface area contributed by atoms with Crippen molar-refractivity contribution < 1.29 is 18.3 Å². The average molecular weight is 502 g/mol. The third-order valence-electron chi connectivity index (χ3n) is 7.82. The molecule has 5 heterocycles. The van der Waals surface area contributed by atoms with E-state index < -0.39 is 18.1 Å². The molecule has 6 rings (SSSR count). The van der Waals surface area contributed by atoms with Crippen LogP contribution in [0.25, 0.3) is 5.65 Å². The smallest absolute Gasteiger partial charge is 0.258 e. The fourth-order valence-electron chi connectivity index (χ4n) is 5.83. The van der Waals surface area contributed by atoms with Crippen LogP contribution in [-0.2, 0) is 13.1 Å². The van der Waals surface area contributed by atoms with Gasteiger partial charge < -0.3 is 9.64 Å². The third-order valence-corrected chi connectivity index (χ3v) is 8.36. The molecule has 10 heteroatoms. The number of carbonyl (C=O) groups excluding carboxylic acids is 1. The lowest BCUT2D eigenvalue weighted by atomic mass is 9.98. The molecular formula is C25H26ClF2N5O2. The number of fused-ring (bicyclic) bond motifs is 5. The van der Waals surface area contributed by atoms with Crippen molar-refractivity contribution in [3.05, 3.63) is 57.2 Å². The van der Waals surface area contributed by atoms with E-state index >= 15 is 4.39 Å². The maximum absolute atomic E-state index is 15.2. The predicted octanol–water partition coefficient (Wildman–Crippen LogP) is 4.25. The molecule has 0 spiro atoms. The van der Waals surface area contributed by atoms with Gasteiger partial charge in [0.2, 0.25) is 0 Å². The number of halogens is 3. The number of hydrogen-bond donors (Lipinski definition) is 0. The van der Waals surface area contributed by atoms with Crippen LogP contribution >= 0.6 is 11.6 Å². The SMILES string of the molecule is Cc1nc2c3c(nn2c(C)c1Cl)CN(C(=O)c1ccc(F)cc1O[C@@H]1C[C@@H]2CC[C@@H](C1F)N2C)C3. The molecule has 3 aliphatic rings. The van der Waals surface area contributed by atoms with Gasteiger partial charge in [0.25, 0.3) is 5.91 Å². The molecule has 2 fully saturated rings. The highest BCUT2D eigenvalue weighted by Gasteiger charge is 2.47. The van der Waals surface area contributed by atoms with E-state index in [-0.39, 0.29) is 35.8 Å².